The Morgan fingerprint density at radius 1 is 0.862 bits per heavy atom. The van der Waals surface area contributed by atoms with E-state index in [0.717, 1.165) is 23.1 Å². The van der Waals surface area contributed by atoms with Crippen LogP contribution in [0.2, 0.25) is 0 Å². The molecule has 136 valence electrons. The van der Waals surface area contributed by atoms with Crippen LogP contribution < -0.4 is 0 Å². The van der Waals surface area contributed by atoms with Gasteiger partial charge in [-0.1, -0.05) is 54.3 Å². The van der Waals surface area contributed by atoms with Gasteiger partial charge in [0.2, 0.25) is 0 Å². The van der Waals surface area contributed by atoms with E-state index in [4.69, 9.17) is 5.26 Å². The van der Waals surface area contributed by atoms with Crippen LogP contribution in [0.5, 0.6) is 0 Å². The van der Waals surface area contributed by atoms with Gasteiger partial charge < -0.3 is 4.57 Å². The van der Waals surface area contributed by atoms with Gasteiger partial charge in [0.1, 0.15) is 18.0 Å². The Morgan fingerprint density at radius 2 is 1.48 bits per heavy atom. The smallest absolute Gasteiger partial charge is 0.177 e. The van der Waals surface area contributed by atoms with Crippen molar-refractivity contribution in [2.45, 2.75) is 6.42 Å². The average molecular weight is 372 g/mol. The third-order valence-corrected chi connectivity index (χ3v) is 4.83. The van der Waals surface area contributed by atoms with Crippen LogP contribution in [0.1, 0.15) is 34.5 Å². The van der Waals surface area contributed by atoms with Gasteiger partial charge in [0.05, 0.1) is 0 Å². The molecular formula is C25H16N4. The molecule has 29 heavy (non-hydrogen) atoms. The summed E-state index contributed by atoms with van der Waals surface area (Å²) in [5, 5.41) is 18.3. The Hall–Kier alpha value is -4.33. The van der Waals surface area contributed by atoms with Gasteiger partial charge in [-0.3, -0.25) is 0 Å². The molecule has 0 saturated carbocycles. The minimum atomic E-state index is 0.140. The lowest BCUT2D eigenvalue weighted by atomic mass is 10.0. The minimum Gasteiger partial charge on any atom is -0.318 e. The molecule has 3 aromatic rings. The van der Waals surface area contributed by atoms with Crippen molar-refractivity contribution >= 4 is 5.57 Å². The summed E-state index contributed by atoms with van der Waals surface area (Å²) in [5.74, 6) is 6.95. The predicted molar refractivity (Wildman–Crippen MR) is 112 cm³/mol. The molecule has 0 spiro atoms. The van der Waals surface area contributed by atoms with Gasteiger partial charge in [0, 0.05) is 23.7 Å². The summed E-state index contributed by atoms with van der Waals surface area (Å²) in [6, 6.07) is 19.9. The second kappa shape index (κ2) is 7.73. The summed E-state index contributed by atoms with van der Waals surface area (Å²) in [6.45, 7) is 0. The lowest BCUT2D eigenvalue weighted by Crippen LogP contribution is -1.95. The van der Waals surface area contributed by atoms with Crippen LogP contribution in [-0.4, -0.2) is 9.55 Å². The number of aromatic nitrogens is 2. The fraction of sp³-hybridized carbons (Fsp3) is 0.0800. The second-order valence-corrected chi connectivity index (χ2v) is 6.64. The van der Waals surface area contributed by atoms with E-state index in [1.807, 2.05) is 48.5 Å². The van der Waals surface area contributed by atoms with Gasteiger partial charge in [-0.15, -0.1) is 0 Å². The van der Waals surface area contributed by atoms with E-state index in [-0.39, 0.29) is 11.4 Å². The first-order valence-corrected chi connectivity index (χ1v) is 9.15. The molecule has 0 bridgehead atoms. The molecule has 4 heteroatoms. The Morgan fingerprint density at radius 3 is 1.97 bits per heavy atom. The molecule has 1 aliphatic rings. The van der Waals surface area contributed by atoms with Gasteiger partial charge in [-0.25, -0.2) is 4.98 Å². The van der Waals surface area contributed by atoms with Crippen molar-refractivity contribution in [3.05, 3.63) is 94.8 Å². The van der Waals surface area contributed by atoms with E-state index in [0.29, 0.717) is 5.82 Å². The van der Waals surface area contributed by atoms with E-state index in [1.165, 1.54) is 11.1 Å². The Kier molecular flexibility index (Phi) is 4.81. The highest BCUT2D eigenvalue weighted by molar-refractivity contribution is 5.71. The van der Waals surface area contributed by atoms with Crippen molar-refractivity contribution in [1.29, 1.82) is 10.5 Å². The van der Waals surface area contributed by atoms with Gasteiger partial charge >= 0.3 is 0 Å². The van der Waals surface area contributed by atoms with Gasteiger partial charge in [-0.2, -0.15) is 10.5 Å². The zero-order valence-electron chi connectivity index (χ0n) is 15.8. The Bertz CT molecular complexity index is 1280. The van der Waals surface area contributed by atoms with E-state index >= 15 is 0 Å². The van der Waals surface area contributed by atoms with Crippen LogP contribution in [0.25, 0.3) is 17.0 Å². The molecule has 0 fully saturated rings. The van der Waals surface area contributed by atoms with Crippen LogP contribution in [-0.2, 0) is 7.05 Å². The highest BCUT2D eigenvalue weighted by Gasteiger charge is 2.15. The normalized spacial score (nSPS) is 11.9. The highest BCUT2D eigenvalue weighted by Crippen LogP contribution is 2.23. The molecule has 2 aromatic carbocycles. The molecule has 0 saturated heterocycles. The first-order chi connectivity index (χ1) is 14.2. The van der Waals surface area contributed by atoms with Gasteiger partial charge in [0.15, 0.2) is 11.4 Å². The molecule has 0 unspecified atom stereocenters. The summed E-state index contributed by atoms with van der Waals surface area (Å²) in [4.78, 5) is 4.27. The van der Waals surface area contributed by atoms with Crippen molar-refractivity contribution in [2.75, 3.05) is 0 Å². The van der Waals surface area contributed by atoms with Crippen LogP contribution in [0.3, 0.4) is 0 Å². The lowest BCUT2D eigenvalue weighted by molar-refractivity contribution is 0.907. The predicted octanol–water partition coefficient (Wildman–Crippen LogP) is 4.57. The highest BCUT2D eigenvalue weighted by atomic mass is 15.1. The standard InChI is InChI=1S/C25H16N4/c1-29-24(17-27)23(16-26)28-25(29)22-14-10-19(11-15-22)7-6-18-8-12-21(13-9-18)20-4-2-3-5-20/h2-4,8-15H,5H2,1H3. The molecule has 0 radical (unpaired) electrons. The number of imidazole rings is 1. The number of allylic oxidation sites excluding steroid dienone is 4. The second-order valence-electron chi connectivity index (χ2n) is 6.64. The van der Waals surface area contributed by atoms with E-state index in [2.05, 4.69) is 47.2 Å². The fourth-order valence-corrected chi connectivity index (χ4v) is 3.24. The molecule has 0 amide bonds. The maximum atomic E-state index is 9.21. The Balaban J connectivity index is 1.54. The van der Waals surface area contributed by atoms with Crippen molar-refractivity contribution in [1.82, 2.24) is 9.55 Å². The van der Waals surface area contributed by atoms with Gasteiger partial charge in [0.25, 0.3) is 0 Å². The number of rotatable bonds is 2. The molecule has 4 rings (SSSR count). The number of benzene rings is 2. The maximum absolute atomic E-state index is 9.21. The maximum Gasteiger partial charge on any atom is 0.177 e. The van der Waals surface area contributed by atoms with Crippen LogP contribution >= 0.6 is 0 Å². The Labute approximate surface area is 169 Å². The van der Waals surface area contributed by atoms with Crippen LogP contribution in [0.4, 0.5) is 0 Å². The molecule has 1 aromatic heterocycles. The van der Waals surface area contributed by atoms with Crippen molar-refractivity contribution in [2.24, 2.45) is 7.05 Å². The summed E-state index contributed by atoms with van der Waals surface area (Å²) in [5.41, 5.74) is 5.64. The van der Waals surface area contributed by atoms with Crippen LogP contribution in [0, 0.1) is 34.5 Å². The summed E-state index contributed by atoms with van der Waals surface area (Å²) >= 11 is 0. The summed E-state index contributed by atoms with van der Waals surface area (Å²) in [7, 11) is 1.73. The number of hydrogen-bond acceptors (Lipinski definition) is 3. The molecule has 1 aliphatic carbocycles. The van der Waals surface area contributed by atoms with Crippen molar-refractivity contribution < 1.29 is 0 Å². The largest absolute Gasteiger partial charge is 0.318 e. The van der Waals surface area contributed by atoms with E-state index < -0.39 is 0 Å². The first kappa shape index (κ1) is 18.1. The zero-order chi connectivity index (χ0) is 20.2. The molecule has 4 nitrogen and oxygen atoms in total. The molecule has 1 heterocycles. The van der Waals surface area contributed by atoms with Crippen molar-refractivity contribution in [3.8, 4) is 35.4 Å². The summed E-state index contributed by atoms with van der Waals surface area (Å²) in [6.07, 6.45) is 7.36. The quantitative estimate of drug-likeness (QED) is 0.619. The SMILES string of the molecule is Cn1c(-c2ccc(C#Cc3ccc(C4=CC=CC4)cc3)cc2)nc(C#N)c1C#N. The first-order valence-electron chi connectivity index (χ1n) is 9.15. The molecular weight excluding hydrogens is 356 g/mol. The number of hydrogen-bond donors (Lipinski definition) is 0. The number of nitrogens with zero attached hydrogens (tertiary/aromatic N) is 4. The topological polar surface area (TPSA) is 65.4 Å². The van der Waals surface area contributed by atoms with Crippen LogP contribution in [0.15, 0.2) is 66.8 Å². The molecule has 0 aliphatic heterocycles. The minimum absolute atomic E-state index is 0.140. The van der Waals surface area contributed by atoms with E-state index in [1.54, 1.807) is 11.6 Å². The summed E-state index contributed by atoms with van der Waals surface area (Å²) < 4.78 is 1.64. The monoisotopic (exact) mass is 372 g/mol. The van der Waals surface area contributed by atoms with Gasteiger partial charge in [-0.05, 0) is 41.8 Å². The lowest BCUT2D eigenvalue weighted by Gasteiger charge is -2.02. The van der Waals surface area contributed by atoms with E-state index in [9.17, 15) is 5.26 Å². The molecule has 0 atom stereocenters. The third kappa shape index (κ3) is 3.59. The molecule has 0 N–H and O–H groups in total. The van der Waals surface area contributed by atoms with Crippen molar-refractivity contribution in [3.63, 3.8) is 0 Å². The fourth-order valence-electron chi connectivity index (χ4n) is 3.24. The number of nitriles is 2. The average Bonchev–Trinajstić information content (AvgIpc) is 3.41. The zero-order valence-corrected chi connectivity index (χ0v) is 15.8. The third-order valence-electron chi connectivity index (χ3n) is 4.83.